The summed E-state index contributed by atoms with van der Waals surface area (Å²) in [7, 11) is 6.92. The van der Waals surface area contributed by atoms with Crippen LogP contribution in [0.5, 0.6) is 0 Å². The third kappa shape index (κ3) is 13.8. The summed E-state index contributed by atoms with van der Waals surface area (Å²) in [4.78, 5) is 30.7. The number of rotatable bonds is 12. The molecule has 1 heterocycles. The Kier molecular flexibility index (Phi) is 16.4. The Morgan fingerprint density at radius 2 is 1.06 bits per heavy atom. The van der Waals surface area contributed by atoms with Crippen molar-refractivity contribution in [2.24, 2.45) is 34.5 Å². The lowest BCUT2D eigenvalue weighted by Gasteiger charge is -2.45. The van der Waals surface area contributed by atoms with E-state index in [0.717, 1.165) is 64.4 Å². The van der Waals surface area contributed by atoms with Gasteiger partial charge in [0.25, 0.3) is 0 Å². The molecule has 0 aromatic carbocycles. The van der Waals surface area contributed by atoms with Crippen LogP contribution < -0.4 is 10.6 Å². The van der Waals surface area contributed by atoms with Crippen LogP contribution in [0.2, 0.25) is 12.6 Å². The molecule has 2 amide bonds. The van der Waals surface area contributed by atoms with E-state index in [2.05, 4.69) is 111 Å². The number of carbonyl (C=O) groups excluding carboxylic acids is 2. The quantitative estimate of drug-likeness (QED) is 0.177. The van der Waals surface area contributed by atoms with Gasteiger partial charge in [-0.3, -0.25) is 9.59 Å². The Labute approximate surface area is 320 Å². The summed E-state index contributed by atoms with van der Waals surface area (Å²) < 4.78 is 12.4. The van der Waals surface area contributed by atoms with E-state index in [1.165, 1.54) is 6.42 Å². The smallest absolute Gasteiger partial charge is 0.427 e. The van der Waals surface area contributed by atoms with Crippen LogP contribution in [0.3, 0.4) is 0 Å². The molecule has 1 saturated heterocycles. The molecule has 3 aliphatic rings. The number of carbonyl (C=O) groups is 2. The lowest BCUT2D eigenvalue weighted by molar-refractivity contribution is -0.139. The van der Waals surface area contributed by atoms with Gasteiger partial charge in [-0.2, -0.15) is 0 Å². The monoisotopic (exact) mass is 735 g/mol. The van der Waals surface area contributed by atoms with Crippen LogP contribution in [0.15, 0.2) is 0 Å². The molecule has 4 N–H and O–H groups in total. The van der Waals surface area contributed by atoms with Gasteiger partial charge in [-0.05, 0) is 159 Å². The number of amides is 2. The van der Waals surface area contributed by atoms with Gasteiger partial charge in [-0.25, -0.2) is 0 Å². The molecular formula is C40H80B2N4O6. The Hall–Kier alpha value is -1.17. The molecule has 2 aliphatic carbocycles. The van der Waals surface area contributed by atoms with Crippen molar-refractivity contribution < 1.29 is 28.9 Å². The van der Waals surface area contributed by atoms with Crippen molar-refractivity contribution in [1.29, 1.82) is 0 Å². The summed E-state index contributed by atoms with van der Waals surface area (Å²) in [5, 5.41) is 24.7. The van der Waals surface area contributed by atoms with E-state index < -0.39 is 12.5 Å². The minimum atomic E-state index is -1.25. The van der Waals surface area contributed by atoms with Crippen molar-refractivity contribution in [3.8, 4) is 0 Å². The summed E-state index contributed by atoms with van der Waals surface area (Å²) in [6, 6.07) is 0. The second-order valence-electron chi connectivity index (χ2n) is 20.8. The standard InChI is InChI=1S/C23H45BN2O3.C17H35BN2O3/c1-20(2,3)25-19(27)23(8)15-17(11-12-18(23)16-26(9)10)13-14-24-28-21(4,5)22(6,7)29-24;1-16(2,3)19-15(21)17(4)11-13(9-10-18(22)23)7-8-14(17)12-20(5)6/h17-18H,11-16H2,1-10H3,(H,25,27);13-14,22-23H,7-12H2,1-6H3,(H,19,21)/t17-,18-,23-;13-,14-,17-/m00/s1. The zero-order chi connectivity index (χ0) is 40.1. The number of hydrogen-bond donors (Lipinski definition) is 4. The molecule has 0 aromatic heterocycles. The fourth-order valence-electron chi connectivity index (χ4n) is 8.57. The topological polar surface area (TPSA) is 124 Å². The molecule has 2 saturated carbocycles. The largest absolute Gasteiger partial charge is 0.457 e. The molecule has 6 atom stereocenters. The normalized spacial score (nSPS) is 30.5. The second-order valence-corrected chi connectivity index (χ2v) is 20.8. The molecule has 0 spiro atoms. The summed E-state index contributed by atoms with van der Waals surface area (Å²) in [5.41, 5.74) is -1.74. The molecule has 302 valence electrons. The summed E-state index contributed by atoms with van der Waals surface area (Å²) in [6.07, 6.45) is 9.20. The molecule has 0 aromatic rings. The number of nitrogens with zero attached hydrogens (tertiary/aromatic N) is 2. The molecular weight excluding hydrogens is 654 g/mol. The molecule has 0 unspecified atom stereocenters. The molecule has 3 rings (SSSR count). The molecule has 1 aliphatic heterocycles. The van der Waals surface area contributed by atoms with Crippen LogP contribution in [-0.2, 0) is 18.9 Å². The Balaban J connectivity index is 0.000000371. The van der Waals surface area contributed by atoms with Crippen LogP contribution in [0.4, 0.5) is 0 Å². The Morgan fingerprint density at radius 3 is 1.38 bits per heavy atom. The maximum absolute atomic E-state index is 13.3. The highest BCUT2D eigenvalue weighted by Crippen LogP contribution is 2.48. The zero-order valence-electron chi connectivity index (χ0n) is 36.4. The highest BCUT2D eigenvalue weighted by atomic mass is 16.7. The molecule has 3 fully saturated rings. The summed E-state index contributed by atoms with van der Waals surface area (Å²) >= 11 is 0. The van der Waals surface area contributed by atoms with Crippen molar-refractivity contribution >= 4 is 26.1 Å². The summed E-state index contributed by atoms with van der Waals surface area (Å²) in [6.45, 7) is 26.8. The lowest BCUT2D eigenvalue weighted by Crippen LogP contribution is -2.54. The average molecular weight is 735 g/mol. The molecule has 12 heteroatoms. The SMILES string of the molecule is CN(C)C[C@@H]1CC[C@@H](CCB(O)O)C[C@]1(C)C(=O)NC(C)(C)C.CN(C)C[C@@H]1CC[C@@H](CCB2OC(C)(C)C(C)(C)O2)C[C@]1(C)C(=O)NC(C)(C)C. The minimum Gasteiger partial charge on any atom is -0.427 e. The van der Waals surface area contributed by atoms with Gasteiger partial charge in [-0.15, -0.1) is 0 Å². The third-order valence-electron chi connectivity index (χ3n) is 12.2. The first kappa shape index (κ1) is 47.0. The van der Waals surface area contributed by atoms with E-state index in [-0.39, 0.29) is 46.6 Å². The lowest BCUT2D eigenvalue weighted by atomic mass is 9.61. The molecule has 52 heavy (non-hydrogen) atoms. The van der Waals surface area contributed by atoms with Gasteiger partial charge in [0, 0.05) is 24.2 Å². The van der Waals surface area contributed by atoms with Crippen LogP contribution in [0, 0.1) is 34.5 Å². The van der Waals surface area contributed by atoms with E-state index in [1.54, 1.807) is 0 Å². The first-order valence-corrected chi connectivity index (χ1v) is 20.2. The summed E-state index contributed by atoms with van der Waals surface area (Å²) in [5.74, 6) is 1.96. The van der Waals surface area contributed by atoms with Crippen molar-refractivity contribution in [3.05, 3.63) is 0 Å². The first-order chi connectivity index (χ1) is 23.5. The van der Waals surface area contributed by atoms with Gasteiger partial charge in [0.2, 0.25) is 11.8 Å². The second kappa shape index (κ2) is 18.2. The van der Waals surface area contributed by atoms with E-state index in [4.69, 9.17) is 19.4 Å². The third-order valence-corrected chi connectivity index (χ3v) is 12.2. The van der Waals surface area contributed by atoms with Crippen LogP contribution in [0.25, 0.3) is 0 Å². The number of nitrogens with one attached hydrogen (secondary N) is 2. The van der Waals surface area contributed by atoms with E-state index in [9.17, 15) is 9.59 Å². The zero-order valence-corrected chi connectivity index (χ0v) is 36.4. The highest BCUT2D eigenvalue weighted by Gasteiger charge is 2.52. The van der Waals surface area contributed by atoms with Gasteiger partial charge in [0.15, 0.2) is 0 Å². The highest BCUT2D eigenvalue weighted by molar-refractivity contribution is 6.45. The Bertz CT molecular complexity index is 1140. The van der Waals surface area contributed by atoms with Crippen LogP contribution in [-0.4, -0.2) is 109 Å². The first-order valence-electron chi connectivity index (χ1n) is 20.2. The molecule has 10 nitrogen and oxygen atoms in total. The average Bonchev–Trinajstić information content (AvgIpc) is 3.17. The van der Waals surface area contributed by atoms with Crippen molar-refractivity contribution in [1.82, 2.24) is 20.4 Å². The Morgan fingerprint density at radius 1 is 0.692 bits per heavy atom. The molecule has 0 radical (unpaired) electrons. The maximum Gasteiger partial charge on any atom is 0.457 e. The van der Waals surface area contributed by atoms with Gasteiger partial charge < -0.3 is 39.8 Å². The number of hydrogen-bond acceptors (Lipinski definition) is 8. The van der Waals surface area contributed by atoms with E-state index in [1.807, 2.05) is 20.8 Å². The predicted octanol–water partition coefficient (Wildman–Crippen LogP) is 6.12. The predicted molar refractivity (Wildman–Crippen MR) is 216 cm³/mol. The van der Waals surface area contributed by atoms with Gasteiger partial charge >= 0.3 is 14.2 Å². The fraction of sp³-hybridized carbons (Fsp3) is 0.950. The van der Waals surface area contributed by atoms with E-state index >= 15 is 0 Å². The van der Waals surface area contributed by atoms with Crippen LogP contribution >= 0.6 is 0 Å². The van der Waals surface area contributed by atoms with Crippen molar-refractivity contribution in [2.75, 3.05) is 41.3 Å². The van der Waals surface area contributed by atoms with E-state index in [0.29, 0.717) is 30.0 Å². The van der Waals surface area contributed by atoms with Crippen LogP contribution in [0.1, 0.15) is 134 Å². The van der Waals surface area contributed by atoms with Gasteiger partial charge in [0.05, 0.1) is 22.0 Å². The van der Waals surface area contributed by atoms with Gasteiger partial charge in [-0.1, -0.05) is 39.5 Å². The maximum atomic E-state index is 13.3. The fourth-order valence-corrected chi connectivity index (χ4v) is 8.57. The molecule has 0 bridgehead atoms. The minimum absolute atomic E-state index is 0.131. The van der Waals surface area contributed by atoms with Crippen molar-refractivity contribution in [2.45, 2.75) is 169 Å². The van der Waals surface area contributed by atoms with Crippen molar-refractivity contribution in [3.63, 3.8) is 0 Å². The van der Waals surface area contributed by atoms with Gasteiger partial charge in [0.1, 0.15) is 0 Å².